The van der Waals surface area contributed by atoms with Crippen LogP contribution in [0.3, 0.4) is 0 Å². The summed E-state index contributed by atoms with van der Waals surface area (Å²) >= 11 is 5.99. The van der Waals surface area contributed by atoms with Crippen molar-refractivity contribution in [1.82, 2.24) is 10.2 Å². The Labute approximate surface area is 147 Å². The molecule has 0 saturated heterocycles. The fourth-order valence-electron chi connectivity index (χ4n) is 3.63. The van der Waals surface area contributed by atoms with E-state index in [2.05, 4.69) is 15.5 Å². The number of carbonyl (C=O) groups is 1. The van der Waals surface area contributed by atoms with Crippen LogP contribution in [0, 0.1) is 5.92 Å². The first-order valence-corrected chi connectivity index (χ1v) is 9.22. The zero-order chi connectivity index (χ0) is 16.5. The van der Waals surface area contributed by atoms with Crippen LogP contribution in [0.5, 0.6) is 0 Å². The van der Waals surface area contributed by atoms with E-state index in [1.807, 2.05) is 24.3 Å². The number of aromatic nitrogens is 2. The molecule has 2 saturated carbocycles. The lowest BCUT2D eigenvalue weighted by atomic mass is 10.0. The van der Waals surface area contributed by atoms with Crippen molar-refractivity contribution < 1.29 is 4.79 Å². The molecular formula is C19H22ClN3O. The second-order valence-electron chi connectivity index (χ2n) is 7.04. The normalized spacial score (nSPS) is 18.0. The van der Waals surface area contributed by atoms with Crippen LogP contribution in [-0.4, -0.2) is 16.1 Å². The lowest BCUT2D eigenvalue weighted by Gasteiger charge is -2.11. The van der Waals surface area contributed by atoms with Crippen molar-refractivity contribution in [1.29, 1.82) is 0 Å². The summed E-state index contributed by atoms with van der Waals surface area (Å²) in [5.41, 5.74) is 3.72. The van der Waals surface area contributed by atoms with Gasteiger partial charge in [-0.2, -0.15) is 5.10 Å². The monoisotopic (exact) mass is 343 g/mol. The van der Waals surface area contributed by atoms with Gasteiger partial charge in [-0.1, -0.05) is 36.6 Å². The molecule has 2 aliphatic rings. The van der Waals surface area contributed by atoms with Crippen molar-refractivity contribution in [2.24, 2.45) is 5.92 Å². The molecule has 2 aromatic rings. The number of hydrogen-bond acceptors (Lipinski definition) is 2. The first kappa shape index (κ1) is 15.7. The van der Waals surface area contributed by atoms with E-state index in [-0.39, 0.29) is 5.91 Å². The van der Waals surface area contributed by atoms with Crippen LogP contribution >= 0.6 is 11.6 Å². The van der Waals surface area contributed by atoms with Gasteiger partial charge in [0.25, 0.3) is 0 Å². The molecule has 0 unspecified atom stereocenters. The van der Waals surface area contributed by atoms with E-state index >= 15 is 0 Å². The van der Waals surface area contributed by atoms with Crippen LogP contribution in [0.25, 0.3) is 11.3 Å². The van der Waals surface area contributed by atoms with Gasteiger partial charge in [-0.05, 0) is 43.7 Å². The van der Waals surface area contributed by atoms with Crippen molar-refractivity contribution in [2.75, 3.05) is 5.32 Å². The summed E-state index contributed by atoms with van der Waals surface area (Å²) < 4.78 is 0. The number of rotatable bonds is 5. The third kappa shape index (κ3) is 3.34. The number of nitrogens with zero attached hydrogens (tertiary/aromatic N) is 1. The third-order valence-corrected chi connectivity index (χ3v) is 5.36. The van der Waals surface area contributed by atoms with E-state index in [0.29, 0.717) is 23.3 Å². The molecule has 1 aromatic carbocycles. The van der Waals surface area contributed by atoms with Gasteiger partial charge in [-0.25, -0.2) is 0 Å². The molecule has 1 amide bonds. The van der Waals surface area contributed by atoms with Crippen molar-refractivity contribution in [3.8, 4) is 11.3 Å². The summed E-state index contributed by atoms with van der Waals surface area (Å²) in [5, 5.41) is 11.5. The van der Waals surface area contributed by atoms with E-state index in [1.54, 1.807) is 0 Å². The van der Waals surface area contributed by atoms with E-state index < -0.39 is 0 Å². The second kappa shape index (κ2) is 6.60. The lowest BCUT2D eigenvalue weighted by molar-refractivity contribution is -0.117. The Hall–Kier alpha value is -1.81. The van der Waals surface area contributed by atoms with Crippen molar-refractivity contribution >= 4 is 23.2 Å². The van der Waals surface area contributed by atoms with Gasteiger partial charge in [0.2, 0.25) is 5.91 Å². The van der Waals surface area contributed by atoms with Crippen molar-refractivity contribution in [2.45, 2.75) is 50.9 Å². The van der Waals surface area contributed by atoms with Gasteiger partial charge in [0.1, 0.15) is 5.69 Å². The first-order valence-electron chi connectivity index (χ1n) is 8.85. The van der Waals surface area contributed by atoms with Gasteiger partial charge < -0.3 is 5.32 Å². The Morgan fingerprint density at radius 1 is 1.17 bits per heavy atom. The molecule has 1 heterocycles. The molecule has 1 aromatic heterocycles. The molecule has 2 N–H and O–H groups in total. The number of hydrogen-bond donors (Lipinski definition) is 2. The SMILES string of the molecule is O=C(CC1CCCC1)Nc1c(-c2ccc(Cl)cc2)n[nH]c1C1CC1. The molecule has 2 fully saturated rings. The Bertz CT molecular complexity index is 728. The maximum Gasteiger partial charge on any atom is 0.224 e. The van der Waals surface area contributed by atoms with Crippen molar-refractivity contribution in [3.05, 3.63) is 35.0 Å². The smallest absolute Gasteiger partial charge is 0.224 e. The standard InChI is InChI=1S/C19H22ClN3O/c20-15-9-7-14(8-10-15)18-19(17(22-23-18)13-5-6-13)21-16(24)11-12-3-1-2-4-12/h7-10,12-13H,1-6,11H2,(H,21,24)(H,22,23). The van der Waals surface area contributed by atoms with Gasteiger partial charge in [-0.3, -0.25) is 9.89 Å². The summed E-state index contributed by atoms with van der Waals surface area (Å²) in [5.74, 6) is 1.15. The summed E-state index contributed by atoms with van der Waals surface area (Å²) in [4.78, 5) is 12.5. The minimum Gasteiger partial charge on any atom is -0.323 e. The van der Waals surface area contributed by atoms with E-state index in [4.69, 9.17) is 11.6 Å². The van der Waals surface area contributed by atoms with Crippen LogP contribution in [-0.2, 0) is 4.79 Å². The van der Waals surface area contributed by atoms with Gasteiger partial charge >= 0.3 is 0 Å². The lowest BCUT2D eigenvalue weighted by Crippen LogP contribution is -2.16. The average Bonchev–Trinajstić information content (AvgIpc) is 3.13. The quantitative estimate of drug-likeness (QED) is 0.791. The summed E-state index contributed by atoms with van der Waals surface area (Å²) in [6, 6.07) is 7.60. The molecule has 4 rings (SSSR count). The zero-order valence-corrected chi connectivity index (χ0v) is 14.4. The van der Waals surface area contributed by atoms with Crippen LogP contribution in [0.2, 0.25) is 5.02 Å². The van der Waals surface area contributed by atoms with Gasteiger partial charge in [0.15, 0.2) is 0 Å². The molecule has 0 bridgehead atoms. The first-order chi connectivity index (χ1) is 11.7. The Kier molecular flexibility index (Phi) is 4.31. The fourth-order valence-corrected chi connectivity index (χ4v) is 3.76. The van der Waals surface area contributed by atoms with Gasteiger partial charge in [-0.15, -0.1) is 0 Å². The predicted octanol–water partition coefficient (Wildman–Crippen LogP) is 5.13. The molecule has 2 aliphatic carbocycles. The number of aromatic amines is 1. The summed E-state index contributed by atoms with van der Waals surface area (Å²) in [6.45, 7) is 0. The summed E-state index contributed by atoms with van der Waals surface area (Å²) in [6.07, 6.45) is 7.81. The molecule has 0 aliphatic heterocycles. The highest BCUT2D eigenvalue weighted by molar-refractivity contribution is 6.30. The second-order valence-corrected chi connectivity index (χ2v) is 7.48. The van der Waals surface area contributed by atoms with Crippen LogP contribution in [0.1, 0.15) is 56.6 Å². The van der Waals surface area contributed by atoms with E-state index in [9.17, 15) is 4.79 Å². The number of carbonyl (C=O) groups excluding carboxylic acids is 1. The van der Waals surface area contributed by atoms with E-state index in [0.717, 1.165) is 35.5 Å². The molecule has 4 nitrogen and oxygen atoms in total. The topological polar surface area (TPSA) is 57.8 Å². The Morgan fingerprint density at radius 2 is 1.88 bits per heavy atom. The number of nitrogens with one attached hydrogen (secondary N) is 2. The van der Waals surface area contributed by atoms with Gasteiger partial charge in [0.05, 0.1) is 11.4 Å². The highest BCUT2D eigenvalue weighted by Gasteiger charge is 2.31. The Balaban J connectivity index is 1.58. The summed E-state index contributed by atoms with van der Waals surface area (Å²) in [7, 11) is 0. The minimum atomic E-state index is 0.111. The minimum absolute atomic E-state index is 0.111. The average molecular weight is 344 g/mol. The molecular weight excluding hydrogens is 322 g/mol. The largest absolute Gasteiger partial charge is 0.323 e. The number of halogens is 1. The molecule has 126 valence electrons. The van der Waals surface area contributed by atoms with Crippen LogP contribution in [0.4, 0.5) is 5.69 Å². The fraction of sp³-hybridized carbons (Fsp3) is 0.474. The highest BCUT2D eigenvalue weighted by Crippen LogP contribution is 2.45. The third-order valence-electron chi connectivity index (χ3n) is 5.11. The molecule has 24 heavy (non-hydrogen) atoms. The van der Waals surface area contributed by atoms with Crippen LogP contribution in [0.15, 0.2) is 24.3 Å². The Morgan fingerprint density at radius 3 is 2.54 bits per heavy atom. The molecule has 0 atom stereocenters. The molecule has 0 radical (unpaired) electrons. The van der Waals surface area contributed by atoms with Crippen molar-refractivity contribution in [3.63, 3.8) is 0 Å². The predicted molar refractivity (Wildman–Crippen MR) is 96.2 cm³/mol. The van der Waals surface area contributed by atoms with Gasteiger partial charge in [0, 0.05) is 22.9 Å². The maximum atomic E-state index is 12.5. The molecule has 5 heteroatoms. The number of anilines is 1. The maximum absolute atomic E-state index is 12.5. The zero-order valence-electron chi connectivity index (χ0n) is 13.6. The van der Waals surface area contributed by atoms with Crippen LogP contribution < -0.4 is 5.32 Å². The number of amides is 1. The number of benzene rings is 1. The van der Waals surface area contributed by atoms with E-state index in [1.165, 1.54) is 25.7 Å². The number of H-pyrrole nitrogens is 1. The molecule has 0 spiro atoms. The highest BCUT2D eigenvalue weighted by atomic mass is 35.5.